The van der Waals surface area contributed by atoms with E-state index in [2.05, 4.69) is 22.2 Å². The number of aryl methyl sites for hydroxylation is 1. The molecule has 0 unspecified atom stereocenters. The number of likely N-dealkylation sites (N-methyl/N-ethyl adjacent to an activating group) is 1. The van der Waals surface area contributed by atoms with Crippen molar-refractivity contribution in [2.45, 2.75) is 32.1 Å². The zero-order valence-electron chi connectivity index (χ0n) is 16.8. The SMILES string of the molecule is Cc1cc(C2CCC2)oc(=O)c1C(=O)Nc1cccc(Cl)c1N1CCN(C)CC1. The van der Waals surface area contributed by atoms with E-state index in [1.54, 1.807) is 13.0 Å². The highest BCUT2D eigenvalue weighted by Gasteiger charge is 2.26. The van der Waals surface area contributed by atoms with Crippen LogP contribution in [0.1, 0.15) is 46.9 Å². The molecule has 2 heterocycles. The predicted molar refractivity (Wildman–Crippen MR) is 115 cm³/mol. The second-order valence-electron chi connectivity index (χ2n) is 8.00. The van der Waals surface area contributed by atoms with Crippen molar-refractivity contribution in [1.82, 2.24) is 4.90 Å². The highest BCUT2D eigenvalue weighted by Crippen LogP contribution is 2.37. The Labute approximate surface area is 175 Å². The van der Waals surface area contributed by atoms with E-state index >= 15 is 0 Å². The van der Waals surface area contributed by atoms with Crippen LogP contribution in [0.2, 0.25) is 5.02 Å². The fraction of sp³-hybridized carbons (Fsp3) is 0.455. The number of rotatable bonds is 4. The van der Waals surface area contributed by atoms with Gasteiger partial charge in [-0.15, -0.1) is 0 Å². The Kier molecular flexibility index (Phi) is 5.65. The number of piperazine rings is 1. The number of hydrogen-bond donors (Lipinski definition) is 1. The lowest BCUT2D eigenvalue weighted by atomic mass is 9.83. The summed E-state index contributed by atoms with van der Waals surface area (Å²) in [5, 5.41) is 3.48. The number of nitrogens with one attached hydrogen (secondary N) is 1. The van der Waals surface area contributed by atoms with Crippen LogP contribution in [-0.2, 0) is 0 Å². The molecule has 1 aromatic heterocycles. The number of carbonyl (C=O) groups excluding carboxylic acids is 1. The molecule has 1 aliphatic carbocycles. The van der Waals surface area contributed by atoms with Gasteiger partial charge in [-0.05, 0) is 50.6 Å². The van der Waals surface area contributed by atoms with Crippen molar-refractivity contribution in [3.8, 4) is 0 Å². The monoisotopic (exact) mass is 415 g/mol. The Hall–Kier alpha value is -2.31. The van der Waals surface area contributed by atoms with Crippen LogP contribution >= 0.6 is 11.6 Å². The summed E-state index contributed by atoms with van der Waals surface area (Å²) in [7, 11) is 2.09. The molecular formula is C22H26ClN3O3. The van der Waals surface area contributed by atoms with Gasteiger partial charge in [0.15, 0.2) is 0 Å². The van der Waals surface area contributed by atoms with Crippen molar-refractivity contribution in [2.24, 2.45) is 0 Å². The third-order valence-corrected chi connectivity index (χ3v) is 6.26. The topological polar surface area (TPSA) is 65.8 Å². The summed E-state index contributed by atoms with van der Waals surface area (Å²) in [5.41, 5.74) is 1.52. The number of para-hydroxylation sites is 1. The van der Waals surface area contributed by atoms with Gasteiger partial charge in [-0.1, -0.05) is 24.1 Å². The van der Waals surface area contributed by atoms with Gasteiger partial charge in [0, 0.05) is 32.1 Å². The third-order valence-electron chi connectivity index (χ3n) is 5.96. The van der Waals surface area contributed by atoms with Gasteiger partial charge in [0.1, 0.15) is 11.3 Å². The van der Waals surface area contributed by atoms with Gasteiger partial charge < -0.3 is 19.5 Å². The van der Waals surface area contributed by atoms with Gasteiger partial charge in [0.2, 0.25) is 0 Å². The molecule has 1 saturated carbocycles. The molecule has 1 aromatic carbocycles. The van der Waals surface area contributed by atoms with Crippen LogP contribution in [0, 0.1) is 6.92 Å². The molecule has 1 saturated heterocycles. The van der Waals surface area contributed by atoms with Crippen molar-refractivity contribution in [3.05, 3.63) is 56.6 Å². The molecule has 1 amide bonds. The Bertz CT molecular complexity index is 976. The first-order valence-electron chi connectivity index (χ1n) is 10.1. The van der Waals surface area contributed by atoms with Gasteiger partial charge in [-0.25, -0.2) is 4.79 Å². The van der Waals surface area contributed by atoms with Gasteiger partial charge in [0.25, 0.3) is 5.91 Å². The number of nitrogens with zero attached hydrogens (tertiary/aromatic N) is 2. The standard InChI is InChI=1S/C22H26ClN3O3/c1-14-13-18(15-5-3-6-15)29-22(28)19(14)21(27)24-17-8-4-7-16(23)20(17)26-11-9-25(2)10-12-26/h4,7-8,13,15H,3,5-6,9-12H2,1-2H3,(H,24,27). The van der Waals surface area contributed by atoms with Crippen LogP contribution in [0.5, 0.6) is 0 Å². The van der Waals surface area contributed by atoms with Gasteiger partial charge in [-0.2, -0.15) is 0 Å². The zero-order chi connectivity index (χ0) is 20.5. The maximum absolute atomic E-state index is 13.0. The maximum Gasteiger partial charge on any atom is 0.349 e. The summed E-state index contributed by atoms with van der Waals surface area (Å²) in [6.07, 6.45) is 3.22. The largest absolute Gasteiger partial charge is 0.427 e. The minimum atomic E-state index is -0.576. The van der Waals surface area contributed by atoms with Crippen LogP contribution < -0.4 is 15.8 Å². The van der Waals surface area contributed by atoms with E-state index in [1.165, 1.54) is 0 Å². The van der Waals surface area contributed by atoms with Gasteiger partial charge in [0.05, 0.1) is 16.4 Å². The minimum absolute atomic E-state index is 0.0531. The molecule has 0 spiro atoms. The molecule has 0 radical (unpaired) electrons. The highest BCUT2D eigenvalue weighted by molar-refractivity contribution is 6.34. The fourth-order valence-electron chi connectivity index (χ4n) is 3.95. The molecule has 2 aliphatic rings. The third kappa shape index (κ3) is 4.05. The van der Waals surface area contributed by atoms with E-state index in [0.29, 0.717) is 28.0 Å². The lowest BCUT2D eigenvalue weighted by Crippen LogP contribution is -2.44. The first-order chi connectivity index (χ1) is 13.9. The number of carbonyl (C=O) groups is 1. The Morgan fingerprint density at radius 3 is 2.55 bits per heavy atom. The minimum Gasteiger partial charge on any atom is -0.427 e. The molecule has 7 heteroatoms. The molecule has 2 fully saturated rings. The normalized spacial score (nSPS) is 17.8. The van der Waals surface area contributed by atoms with Gasteiger partial charge in [-0.3, -0.25) is 4.79 Å². The number of hydrogen-bond acceptors (Lipinski definition) is 5. The maximum atomic E-state index is 13.0. The highest BCUT2D eigenvalue weighted by atomic mass is 35.5. The molecule has 0 atom stereocenters. The first-order valence-corrected chi connectivity index (χ1v) is 10.5. The van der Waals surface area contributed by atoms with E-state index in [-0.39, 0.29) is 5.56 Å². The molecule has 6 nitrogen and oxygen atoms in total. The number of halogens is 1. The van der Waals surface area contributed by atoms with E-state index in [9.17, 15) is 9.59 Å². The average Bonchev–Trinajstić information content (AvgIpc) is 2.61. The summed E-state index contributed by atoms with van der Waals surface area (Å²) >= 11 is 6.48. The Morgan fingerprint density at radius 1 is 1.21 bits per heavy atom. The summed E-state index contributed by atoms with van der Waals surface area (Å²) in [6, 6.07) is 7.26. The molecule has 0 bridgehead atoms. The van der Waals surface area contributed by atoms with E-state index < -0.39 is 11.5 Å². The van der Waals surface area contributed by atoms with Crippen LogP contribution in [0.4, 0.5) is 11.4 Å². The summed E-state index contributed by atoms with van der Waals surface area (Å²) in [5.74, 6) is 0.528. The number of anilines is 2. The van der Waals surface area contributed by atoms with Crippen molar-refractivity contribution < 1.29 is 9.21 Å². The van der Waals surface area contributed by atoms with Crippen LogP contribution in [0.15, 0.2) is 33.5 Å². The smallest absolute Gasteiger partial charge is 0.349 e. The van der Waals surface area contributed by atoms with Crippen LogP contribution in [-0.4, -0.2) is 44.0 Å². The number of benzene rings is 1. The van der Waals surface area contributed by atoms with Crippen molar-refractivity contribution in [1.29, 1.82) is 0 Å². The molecule has 2 aromatic rings. The summed E-state index contributed by atoms with van der Waals surface area (Å²) in [4.78, 5) is 30.0. The molecule has 1 aliphatic heterocycles. The molecule has 4 rings (SSSR count). The first kappa shape index (κ1) is 20.0. The zero-order valence-corrected chi connectivity index (χ0v) is 17.6. The quantitative estimate of drug-likeness (QED) is 0.821. The van der Waals surface area contributed by atoms with Crippen LogP contribution in [0.3, 0.4) is 0 Å². The van der Waals surface area contributed by atoms with Crippen molar-refractivity contribution in [3.63, 3.8) is 0 Å². The van der Waals surface area contributed by atoms with E-state index in [0.717, 1.165) is 51.1 Å². The summed E-state index contributed by atoms with van der Waals surface area (Å²) < 4.78 is 5.48. The molecule has 29 heavy (non-hydrogen) atoms. The fourth-order valence-corrected chi connectivity index (χ4v) is 4.25. The second-order valence-corrected chi connectivity index (χ2v) is 8.41. The van der Waals surface area contributed by atoms with E-state index in [1.807, 2.05) is 18.2 Å². The number of amides is 1. The van der Waals surface area contributed by atoms with Crippen LogP contribution in [0.25, 0.3) is 0 Å². The lowest BCUT2D eigenvalue weighted by Gasteiger charge is -2.35. The van der Waals surface area contributed by atoms with Crippen molar-refractivity contribution in [2.75, 3.05) is 43.4 Å². The molecule has 154 valence electrons. The van der Waals surface area contributed by atoms with Gasteiger partial charge >= 0.3 is 5.63 Å². The van der Waals surface area contributed by atoms with E-state index in [4.69, 9.17) is 16.0 Å². The lowest BCUT2D eigenvalue weighted by molar-refractivity contribution is 0.102. The summed E-state index contributed by atoms with van der Waals surface area (Å²) in [6.45, 7) is 5.27. The molecular weight excluding hydrogens is 390 g/mol. The predicted octanol–water partition coefficient (Wildman–Crippen LogP) is 3.87. The Morgan fingerprint density at radius 2 is 1.93 bits per heavy atom. The molecule has 1 N–H and O–H groups in total. The Balaban J connectivity index is 1.61. The average molecular weight is 416 g/mol. The second kappa shape index (κ2) is 8.20. The van der Waals surface area contributed by atoms with Crippen molar-refractivity contribution >= 4 is 28.9 Å².